The molecule has 3 N–H and O–H groups in total. The molecule has 19 heavy (non-hydrogen) atoms. The van der Waals surface area contributed by atoms with Gasteiger partial charge in [0.05, 0.1) is 6.20 Å². The van der Waals surface area contributed by atoms with E-state index in [2.05, 4.69) is 10.3 Å². The van der Waals surface area contributed by atoms with Crippen molar-refractivity contribution in [2.75, 3.05) is 13.1 Å². The van der Waals surface area contributed by atoms with Crippen LogP contribution in [0.25, 0.3) is 10.6 Å². The third kappa shape index (κ3) is 3.62. The van der Waals surface area contributed by atoms with Crippen molar-refractivity contribution in [1.29, 1.82) is 0 Å². The molecule has 0 spiro atoms. The number of nitrogens with zero attached hydrogens (tertiary/aromatic N) is 1. The molecular formula is C14H17N3OS. The summed E-state index contributed by atoms with van der Waals surface area (Å²) in [6.07, 6.45) is 1.62. The van der Waals surface area contributed by atoms with Crippen molar-refractivity contribution in [2.24, 2.45) is 11.7 Å². The van der Waals surface area contributed by atoms with Gasteiger partial charge in [-0.05, 0) is 12.5 Å². The van der Waals surface area contributed by atoms with E-state index in [1.165, 1.54) is 11.3 Å². The Morgan fingerprint density at radius 1 is 1.42 bits per heavy atom. The Morgan fingerprint density at radius 3 is 2.84 bits per heavy atom. The quantitative estimate of drug-likeness (QED) is 0.878. The molecule has 1 aromatic heterocycles. The van der Waals surface area contributed by atoms with Crippen LogP contribution in [0.4, 0.5) is 0 Å². The van der Waals surface area contributed by atoms with Crippen LogP contribution in [0.15, 0.2) is 36.5 Å². The Labute approximate surface area is 116 Å². The highest BCUT2D eigenvalue weighted by Crippen LogP contribution is 2.24. The van der Waals surface area contributed by atoms with Crippen LogP contribution in [-0.4, -0.2) is 24.0 Å². The molecule has 1 unspecified atom stereocenters. The minimum atomic E-state index is -0.0834. The first-order chi connectivity index (χ1) is 9.20. The highest BCUT2D eigenvalue weighted by molar-refractivity contribution is 7.16. The lowest BCUT2D eigenvalue weighted by atomic mass is 10.2. The van der Waals surface area contributed by atoms with E-state index >= 15 is 0 Å². The highest BCUT2D eigenvalue weighted by atomic mass is 32.1. The average Bonchev–Trinajstić information content (AvgIpc) is 2.95. The maximum Gasteiger partial charge on any atom is 0.263 e. The predicted octanol–water partition coefficient (Wildman–Crippen LogP) is 2.13. The molecule has 1 atom stereocenters. The third-order valence-corrected chi connectivity index (χ3v) is 3.81. The molecule has 5 heteroatoms. The van der Waals surface area contributed by atoms with Crippen LogP contribution in [-0.2, 0) is 0 Å². The van der Waals surface area contributed by atoms with Crippen LogP contribution in [0.1, 0.15) is 16.6 Å². The Balaban J connectivity index is 2.03. The number of hydrogen-bond donors (Lipinski definition) is 2. The fourth-order valence-electron chi connectivity index (χ4n) is 1.53. The summed E-state index contributed by atoms with van der Waals surface area (Å²) in [4.78, 5) is 16.8. The van der Waals surface area contributed by atoms with E-state index in [-0.39, 0.29) is 11.8 Å². The van der Waals surface area contributed by atoms with Crippen LogP contribution in [0.5, 0.6) is 0 Å². The molecule has 0 bridgehead atoms. The number of carbonyl (C=O) groups excluding carboxylic acids is 1. The van der Waals surface area contributed by atoms with Crippen molar-refractivity contribution in [3.8, 4) is 10.6 Å². The van der Waals surface area contributed by atoms with Gasteiger partial charge < -0.3 is 11.1 Å². The fraction of sp³-hybridized carbons (Fsp3) is 0.286. The first kappa shape index (κ1) is 13.7. The lowest BCUT2D eigenvalue weighted by molar-refractivity contribution is 0.0952. The Morgan fingerprint density at radius 2 is 2.16 bits per heavy atom. The summed E-state index contributed by atoms with van der Waals surface area (Å²) in [5, 5.41) is 3.72. The predicted molar refractivity (Wildman–Crippen MR) is 78.1 cm³/mol. The molecule has 1 aromatic carbocycles. The fourth-order valence-corrected chi connectivity index (χ4v) is 2.37. The normalized spacial score (nSPS) is 12.1. The van der Waals surface area contributed by atoms with Gasteiger partial charge in [0.1, 0.15) is 9.88 Å². The van der Waals surface area contributed by atoms with Gasteiger partial charge in [-0.1, -0.05) is 37.3 Å². The molecule has 0 saturated carbocycles. The number of nitrogens with one attached hydrogen (secondary N) is 1. The second-order valence-electron chi connectivity index (χ2n) is 4.45. The molecule has 1 heterocycles. The molecule has 0 fully saturated rings. The van der Waals surface area contributed by atoms with Gasteiger partial charge in [0.25, 0.3) is 5.91 Å². The van der Waals surface area contributed by atoms with Gasteiger partial charge in [-0.25, -0.2) is 4.98 Å². The smallest absolute Gasteiger partial charge is 0.263 e. The van der Waals surface area contributed by atoms with Crippen molar-refractivity contribution in [3.63, 3.8) is 0 Å². The molecule has 0 saturated heterocycles. The molecular weight excluding hydrogens is 258 g/mol. The first-order valence-electron chi connectivity index (χ1n) is 6.20. The molecule has 0 aliphatic heterocycles. The summed E-state index contributed by atoms with van der Waals surface area (Å²) in [6.45, 7) is 3.16. The van der Waals surface area contributed by atoms with Crippen LogP contribution in [0.2, 0.25) is 0 Å². The molecule has 100 valence electrons. The van der Waals surface area contributed by atoms with Crippen LogP contribution in [0, 0.1) is 5.92 Å². The summed E-state index contributed by atoms with van der Waals surface area (Å²) < 4.78 is 0. The van der Waals surface area contributed by atoms with Gasteiger partial charge in [-0.3, -0.25) is 4.79 Å². The van der Waals surface area contributed by atoms with Crippen LogP contribution in [0.3, 0.4) is 0 Å². The average molecular weight is 275 g/mol. The summed E-state index contributed by atoms with van der Waals surface area (Å²) in [7, 11) is 0. The van der Waals surface area contributed by atoms with E-state index < -0.39 is 0 Å². The molecule has 4 nitrogen and oxygen atoms in total. The van der Waals surface area contributed by atoms with Crippen LogP contribution >= 0.6 is 11.3 Å². The van der Waals surface area contributed by atoms with Gasteiger partial charge in [0.15, 0.2) is 0 Å². The van der Waals surface area contributed by atoms with E-state index in [4.69, 9.17) is 5.73 Å². The standard InChI is InChI=1S/C14H17N3OS/c1-10(7-15)8-16-13(18)12-9-17-14(19-12)11-5-3-2-4-6-11/h2-6,9-10H,7-8,15H2,1H3,(H,16,18). The van der Waals surface area contributed by atoms with E-state index in [0.717, 1.165) is 10.6 Å². The summed E-state index contributed by atoms with van der Waals surface area (Å²) in [5.41, 5.74) is 6.55. The van der Waals surface area contributed by atoms with Gasteiger partial charge >= 0.3 is 0 Å². The monoisotopic (exact) mass is 275 g/mol. The highest BCUT2D eigenvalue weighted by Gasteiger charge is 2.12. The number of amides is 1. The number of rotatable bonds is 5. The number of aromatic nitrogens is 1. The zero-order valence-corrected chi connectivity index (χ0v) is 11.6. The topological polar surface area (TPSA) is 68.0 Å². The van der Waals surface area contributed by atoms with E-state index in [1.54, 1.807) is 6.20 Å². The lowest BCUT2D eigenvalue weighted by Crippen LogP contribution is -2.30. The Bertz CT molecular complexity index is 539. The minimum absolute atomic E-state index is 0.0834. The number of carbonyl (C=O) groups is 1. The second-order valence-corrected chi connectivity index (χ2v) is 5.48. The molecule has 0 aliphatic rings. The number of thiazole rings is 1. The SMILES string of the molecule is CC(CN)CNC(=O)c1cnc(-c2ccccc2)s1. The summed E-state index contributed by atoms with van der Waals surface area (Å²) in [5.74, 6) is 0.199. The van der Waals surface area contributed by atoms with Crippen molar-refractivity contribution < 1.29 is 4.79 Å². The molecule has 0 aliphatic carbocycles. The van der Waals surface area contributed by atoms with Gasteiger partial charge in [0.2, 0.25) is 0 Å². The van der Waals surface area contributed by atoms with Crippen molar-refractivity contribution in [1.82, 2.24) is 10.3 Å². The number of nitrogens with two attached hydrogens (primary N) is 1. The minimum Gasteiger partial charge on any atom is -0.351 e. The van der Waals surface area contributed by atoms with Gasteiger partial charge in [-0.2, -0.15) is 0 Å². The molecule has 0 radical (unpaired) electrons. The Kier molecular flexibility index (Phi) is 4.65. The maximum atomic E-state index is 11.9. The number of benzene rings is 1. The second kappa shape index (κ2) is 6.45. The van der Waals surface area contributed by atoms with E-state index in [1.807, 2.05) is 37.3 Å². The van der Waals surface area contributed by atoms with E-state index in [9.17, 15) is 4.79 Å². The molecule has 2 rings (SSSR count). The van der Waals surface area contributed by atoms with Crippen molar-refractivity contribution >= 4 is 17.2 Å². The third-order valence-electron chi connectivity index (χ3n) is 2.76. The first-order valence-corrected chi connectivity index (χ1v) is 7.02. The zero-order valence-electron chi connectivity index (χ0n) is 10.8. The van der Waals surface area contributed by atoms with Gasteiger partial charge in [-0.15, -0.1) is 11.3 Å². The van der Waals surface area contributed by atoms with Crippen molar-refractivity contribution in [2.45, 2.75) is 6.92 Å². The Hall–Kier alpha value is -1.72. The largest absolute Gasteiger partial charge is 0.351 e. The van der Waals surface area contributed by atoms with Gasteiger partial charge in [0, 0.05) is 12.1 Å². The van der Waals surface area contributed by atoms with Crippen molar-refractivity contribution in [3.05, 3.63) is 41.4 Å². The number of hydrogen-bond acceptors (Lipinski definition) is 4. The summed E-state index contributed by atoms with van der Waals surface area (Å²) >= 11 is 1.40. The zero-order chi connectivity index (χ0) is 13.7. The molecule has 1 amide bonds. The van der Waals surface area contributed by atoms with Crippen LogP contribution < -0.4 is 11.1 Å². The summed E-state index contributed by atoms with van der Waals surface area (Å²) in [6, 6.07) is 9.84. The van der Waals surface area contributed by atoms with E-state index in [0.29, 0.717) is 18.0 Å². The lowest BCUT2D eigenvalue weighted by Gasteiger charge is -2.08. The maximum absolute atomic E-state index is 11.9. The molecule has 2 aromatic rings.